The van der Waals surface area contributed by atoms with Crippen molar-refractivity contribution in [3.05, 3.63) is 28.5 Å². The van der Waals surface area contributed by atoms with Crippen molar-refractivity contribution in [1.82, 2.24) is 10.3 Å². The van der Waals surface area contributed by atoms with Gasteiger partial charge in [-0.1, -0.05) is 11.6 Å². The molecule has 0 aromatic carbocycles. The molecule has 0 aliphatic carbocycles. The number of amides is 1. The van der Waals surface area contributed by atoms with Crippen molar-refractivity contribution >= 4 is 17.5 Å². The summed E-state index contributed by atoms with van der Waals surface area (Å²) in [6.45, 7) is 1.34. The first kappa shape index (κ1) is 17.7. The molecule has 2 unspecified atom stereocenters. The Labute approximate surface area is 123 Å². The molecule has 2 atom stereocenters. The van der Waals surface area contributed by atoms with Crippen LogP contribution in [0.3, 0.4) is 0 Å². The molecule has 0 saturated heterocycles. The molecule has 0 fully saturated rings. The molecule has 0 saturated carbocycles. The van der Waals surface area contributed by atoms with E-state index in [9.17, 15) is 28.2 Å². The van der Waals surface area contributed by atoms with Gasteiger partial charge in [0.1, 0.15) is 11.3 Å². The third-order valence-electron chi connectivity index (χ3n) is 2.69. The minimum Gasteiger partial charge on any atom is -0.390 e. The van der Waals surface area contributed by atoms with Gasteiger partial charge in [-0.15, -0.1) is 0 Å². The Kier molecular flexibility index (Phi) is 5.94. The SMILES string of the molecule is CC(=O)NCCC(O)C(O)c1cc(C(F)(F)F)cnc1Cl. The van der Waals surface area contributed by atoms with Crippen molar-refractivity contribution in [3.63, 3.8) is 0 Å². The first-order valence-electron chi connectivity index (χ1n) is 5.96. The Morgan fingerprint density at radius 1 is 1.48 bits per heavy atom. The van der Waals surface area contributed by atoms with Gasteiger partial charge in [-0.3, -0.25) is 4.79 Å². The molecule has 1 amide bonds. The van der Waals surface area contributed by atoms with Gasteiger partial charge in [-0.25, -0.2) is 4.98 Å². The van der Waals surface area contributed by atoms with Gasteiger partial charge in [0, 0.05) is 25.2 Å². The standard InChI is InChI=1S/C12H14ClF3N2O3/c1-6(19)17-3-2-9(20)10(21)8-4-7(12(14,15)16)5-18-11(8)13/h4-5,9-10,20-21H,2-3H2,1H3,(H,17,19). The first-order chi connectivity index (χ1) is 9.62. The third kappa shape index (κ3) is 5.14. The molecule has 0 aliphatic heterocycles. The zero-order valence-electron chi connectivity index (χ0n) is 11.0. The van der Waals surface area contributed by atoms with E-state index in [1.165, 1.54) is 6.92 Å². The van der Waals surface area contributed by atoms with Gasteiger partial charge in [-0.05, 0) is 12.5 Å². The van der Waals surface area contributed by atoms with Crippen molar-refractivity contribution in [2.45, 2.75) is 31.7 Å². The second-order valence-corrected chi connectivity index (χ2v) is 4.74. The zero-order chi connectivity index (χ0) is 16.2. The maximum absolute atomic E-state index is 12.6. The smallest absolute Gasteiger partial charge is 0.390 e. The Bertz CT molecular complexity index is 511. The second-order valence-electron chi connectivity index (χ2n) is 4.39. The van der Waals surface area contributed by atoms with E-state index in [1.54, 1.807) is 0 Å². The minimum atomic E-state index is -4.63. The summed E-state index contributed by atoms with van der Waals surface area (Å²) >= 11 is 5.65. The summed E-state index contributed by atoms with van der Waals surface area (Å²) in [7, 11) is 0. The number of aromatic nitrogens is 1. The lowest BCUT2D eigenvalue weighted by atomic mass is 10.0. The average molecular weight is 327 g/mol. The van der Waals surface area contributed by atoms with Crippen molar-refractivity contribution in [3.8, 4) is 0 Å². The van der Waals surface area contributed by atoms with Crippen LogP contribution in [0.4, 0.5) is 13.2 Å². The van der Waals surface area contributed by atoms with Crippen molar-refractivity contribution in [1.29, 1.82) is 0 Å². The Hall–Kier alpha value is -1.38. The van der Waals surface area contributed by atoms with E-state index < -0.39 is 23.9 Å². The number of carbonyl (C=O) groups excluding carboxylic acids is 1. The number of nitrogens with zero attached hydrogens (tertiary/aromatic N) is 1. The van der Waals surface area contributed by atoms with Gasteiger partial charge in [0.15, 0.2) is 0 Å². The van der Waals surface area contributed by atoms with Gasteiger partial charge < -0.3 is 15.5 Å². The summed E-state index contributed by atoms with van der Waals surface area (Å²) in [5, 5.41) is 21.7. The van der Waals surface area contributed by atoms with Crippen molar-refractivity contribution in [2.24, 2.45) is 0 Å². The van der Waals surface area contributed by atoms with E-state index >= 15 is 0 Å². The lowest BCUT2D eigenvalue weighted by Crippen LogP contribution is -2.28. The van der Waals surface area contributed by atoms with Crippen LogP contribution in [0.15, 0.2) is 12.3 Å². The van der Waals surface area contributed by atoms with Gasteiger partial charge in [0.2, 0.25) is 5.91 Å². The largest absolute Gasteiger partial charge is 0.417 e. The number of aliphatic hydroxyl groups excluding tert-OH is 2. The second kappa shape index (κ2) is 7.06. The highest BCUT2D eigenvalue weighted by atomic mass is 35.5. The average Bonchev–Trinajstić information content (AvgIpc) is 2.36. The topological polar surface area (TPSA) is 82.5 Å². The monoisotopic (exact) mass is 326 g/mol. The van der Waals surface area contributed by atoms with E-state index in [4.69, 9.17) is 11.6 Å². The zero-order valence-corrected chi connectivity index (χ0v) is 11.7. The molecular weight excluding hydrogens is 313 g/mol. The molecular formula is C12H14ClF3N2O3. The van der Waals surface area contributed by atoms with E-state index in [0.717, 1.165) is 0 Å². The van der Waals surface area contributed by atoms with Gasteiger partial charge in [-0.2, -0.15) is 13.2 Å². The number of hydrogen-bond acceptors (Lipinski definition) is 4. The van der Waals surface area contributed by atoms with Gasteiger partial charge in [0.05, 0.1) is 11.7 Å². The van der Waals surface area contributed by atoms with E-state index in [0.29, 0.717) is 12.3 Å². The summed E-state index contributed by atoms with van der Waals surface area (Å²) < 4.78 is 37.7. The molecule has 0 radical (unpaired) electrons. The lowest BCUT2D eigenvalue weighted by molar-refractivity contribution is -0.138. The first-order valence-corrected chi connectivity index (χ1v) is 6.34. The molecule has 1 aromatic heterocycles. The van der Waals surface area contributed by atoms with E-state index in [2.05, 4.69) is 10.3 Å². The van der Waals surface area contributed by atoms with Crippen LogP contribution < -0.4 is 5.32 Å². The molecule has 5 nitrogen and oxygen atoms in total. The third-order valence-corrected chi connectivity index (χ3v) is 3.01. The number of carbonyl (C=O) groups is 1. The highest BCUT2D eigenvalue weighted by Crippen LogP contribution is 2.33. The fourth-order valence-electron chi connectivity index (χ4n) is 1.59. The molecule has 1 aromatic rings. The summed E-state index contributed by atoms with van der Waals surface area (Å²) in [5.41, 5.74) is -1.39. The van der Waals surface area contributed by atoms with Crippen LogP contribution in [0.1, 0.15) is 30.6 Å². The summed E-state index contributed by atoms with van der Waals surface area (Å²) in [6.07, 6.45) is -7.16. The number of nitrogens with one attached hydrogen (secondary N) is 1. The van der Waals surface area contributed by atoms with E-state index in [1.807, 2.05) is 0 Å². The Morgan fingerprint density at radius 3 is 2.62 bits per heavy atom. The summed E-state index contributed by atoms with van der Waals surface area (Å²) in [5.74, 6) is -0.324. The van der Waals surface area contributed by atoms with Crippen LogP contribution in [0.5, 0.6) is 0 Å². The fourth-order valence-corrected chi connectivity index (χ4v) is 1.80. The fraction of sp³-hybridized carbons (Fsp3) is 0.500. The van der Waals surface area contributed by atoms with Crippen molar-refractivity contribution < 1.29 is 28.2 Å². The van der Waals surface area contributed by atoms with Crippen LogP contribution in [-0.2, 0) is 11.0 Å². The highest BCUT2D eigenvalue weighted by Gasteiger charge is 2.33. The van der Waals surface area contributed by atoms with Crippen molar-refractivity contribution in [2.75, 3.05) is 6.54 Å². The van der Waals surface area contributed by atoms with Gasteiger partial charge >= 0.3 is 6.18 Å². The Morgan fingerprint density at radius 2 is 2.10 bits per heavy atom. The molecule has 21 heavy (non-hydrogen) atoms. The molecule has 0 spiro atoms. The number of rotatable bonds is 5. The number of pyridine rings is 1. The molecule has 1 heterocycles. The maximum atomic E-state index is 12.6. The van der Waals surface area contributed by atoms with Crippen LogP contribution >= 0.6 is 11.6 Å². The minimum absolute atomic E-state index is 0.0483. The highest BCUT2D eigenvalue weighted by molar-refractivity contribution is 6.30. The van der Waals surface area contributed by atoms with E-state index in [-0.39, 0.29) is 29.6 Å². The van der Waals surface area contributed by atoms with Crippen LogP contribution in [0, 0.1) is 0 Å². The molecule has 1 rings (SSSR count). The molecule has 0 bridgehead atoms. The predicted molar refractivity (Wildman–Crippen MR) is 68.5 cm³/mol. The number of alkyl halides is 3. The molecule has 9 heteroatoms. The summed E-state index contributed by atoms with van der Waals surface area (Å²) in [4.78, 5) is 14.0. The molecule has 0 aliphatic rings. The predicted octanol–water partition coefficient (Wildman–Crippen LogP) is 1.67. The lowest BCUT2D eigenvalue weighted by Gasteiger charge is -2.20. The Balaban J connectivity index is 2.85. The molecule has 118 valence electrons. The number of halogens is 4. The normalized spacial score (nSPS) is 14.6. The van der Waals surface area contributed by atoms with Crippen LogP contribution in [0.25, 0.3) is 0 Å². The number of aliphatic hydroxyl groups is 2. The van der Waals surface area contributed by atoms with Crippen LogP contribution in [0.2, 0.25) is 5.15 Å². The summed E-state index contributed by atoms with van der Waals surface area (Å²) in [6, 6.07) is 0.640. The van der Waals surface area contributed by atoms with Gasteiger partial charge in [0.25, 0.3) is 0 Å². The maximum Gasteiger partial charge on any atom is 0.417 e. The quantitative estimate of drug-likeness (QED) is 0.719. The number of hydrogen-bond donors (Lipinski definition) is 3. The van der Waals surface area contributed by atoms with Crippen LogP contribution in [-0.4, -0.2) is 33.8 Å². The molecule has 3 N–H and O–H groups in total.